The first kappa shape index (κ1) is 10.8. The summed E-state index contributed by atoms with van der Waals surface area (Å²) in [4.78, 5) is 6.31. The Labute approximate surface area is 94.5 Å². The molecule has 1 fully saturated rings. The molecule has 0 bridgehead atoms. The van der Waals surface area contributed by atoms with Crippen LogP contribution in [0.1, 0.15) is 12.8 Å². The van der Waals surface area contributed by atoms with Crippen molar-refractivity contribution in [2.75, 3.05) is 18.0 Å². The molecule has 5 nitrogen and oxygen atoms in total. The van der Waals surface area contributed by atoms with Crippen LogP contribution >= 0.6 is 0 Å². The average molecular weight is 220 g/mol. The standard InChI is InChI=1S/C11H16N4O/c12-11(14-16)13-9-3-5-10(6-4-9)15-7-1-2-8-15/h3-6,16H,1-2,7-8H2,(H3,12,13,14). The van der Waals surface area contributed by atoms with Crippen LogP contribution in [0.15, 0.2) is 29.3 Å². The molecule has 0 radical (unpaired) electrons. The number of aliphatic imine (C=N–C) groups is 1. The summed E-state index contributed by atoms with van der Waals surface area (Å²) >= 11 is 0. The Balaban J connectivity index is 2.09. The van der Waals surface area contributed by atoms with Crippen molar-refractivity contribution in [1.29, 1.82) is 0 Å². The van der Waals surface area contributed by atoms with Crippen LogP contribution in [0.4, 0.5) is 11.4 Å². The van der Waals surface area contributed by atoms with Gasteiger partial charge in [0.1, 0.15) is 0 Å². The molecule has 1 aliphatic rings. The molecule has 0 atom stereocenters. The third-order valence-electron chi connectivity index (χ3n) is 2.69. The van der Waals surface area contributed by atoms with Crippen molar-refractivity contribution in [3.05, 3.63) is 24.3 Å². The third-order valence-corrected chi connectivity index (χ3v) is 2.69. The summed E-state index contributed by atoms with van der Waals surface area (Å²) in [6.45, 7) is 2.26. The zero-order chi connectivity index (χ0) is 11.4. The molecule has 86 valence electrons. The molecule has 0 unspecified atom stereocenters. The van der Waals surface area contributed by atoms with Gasteiger partial charge in [-0.3, -0.25) is 5.21 Å². The summed E-state index contributed by atoms with van der Waals surface area (Å²) in [6.07, 6.45) is 2.53. The lowest BCUT2D eigenvalue weighted by Crippen LogP contribution is -2.27. The minimum atomic E-state index is -0.00563. The van der Waals surface area contributed by atoms with Crippen LogP contribution in [0.25, 0.3) is 0 Å². The van der Waals surface area contributed by atoms with E-state index in [2.05, 4.69) is 9.89 Å². The lowest BCUT2D eigenvalue weighted by Gasteiger charge is -2.17. The smallest absolute Gasteiger partial charge is 0.218 e. The zero-order valence-electron chi connectivity index (χ0n) is 9.06. The van der Waals surface area contributed by atoms with Gasteiger partial charge in [0.2, 0.25) is 5.96 Å². The maximum absolute atomic E-state index is 8.51. The summed E-state index contributed by atoms with van der Waals surface area (Å²) in [5, 5.41) is 8.51. The van der Waals surface area contributed by atoms with Gasteiger partial charge in [-0.15, -0.1) is 0 Å². The highest BCUT2D eigenvalue weighted by Gasteiger charge is 2.11. The molecule has 0 spiro atoms. The van der Waals surface area contributed by atoms with Crippen LogP contribution in [0.2, 0.25) is 0 Å². The SMILES string of the molecule is NC(=Nc1ccc(N2CCCC2)cc1)NO. The minimum absolute atomic E-state index is 0.00563. The van der Waals surface area contributed by atoms with Crippen molar-refractivity contribution in [2.24, 2.45) is 10.7 Å². The number of hydrogen-bond acceptors (Lipinski definition) is 3. The Kier molecular flexibility index (Phi) is 3.26. The van der Waals surface area contributed by atoms with Crippen LogP contribution in [-0.4, -0.2) is 24.3 Å². The van der Waals surface area contributed by atoms with Crippen molar-refractivity contribution in [1.82, 2.24) is 5.48 Å². The van der Waals surface area contributed by atoms with E-state index in [1.54, 1.807) is 5.48 Å². The van der Waals surface area contributed by atoms with Crippen LogP contribution in [0.3, 0.4) is 0 Å². The summed E-state index contributed by atoms with van der Waals surface area (Å²) in [6, 6.07) is 7.82. The number of hydroxylamine groups is 1. The fourth-order valence-corrected chi connectivity index (χ4v) is 1.88. The number of nitrogens with two attached hydrogens (primary N) is 1. The van der Waals surface area contributed by atoms with Crippen molar-refractivity contribution in [2.45, 2.75) is 12.8 Å². The van der Waals surface area contributed by atoms with E-state index in [-0.39, 0.29) is 5.96 Å². The Morgan fingerprint density at radius 2 is 1.88 bits per heavy atom. The molecule has 5 heteroatoms. The Bertz CT molecular complexity index is 368. The monoisotopic (exact) mass is 220 g/mol. The molecule has 1 saturated heterocycles. The van der Waals surface area contributed by atoms with Crippen molar-refractivity contribution in [3.63, 3.8) is 0 Å². The van der Waals surface area contributed by atoms with E-state index in [1.807, 2.05) is 24.3 Å². The molecule has 0 amide bonds. The molecular formula is C11H16N4O. The second-order valence-corrected chi connectivity index (χ2v) is 3.82. The molecule has 0 aromatic heterocycles. The first-order chi connectivity index (χ1) is 7.79. The number of nitrogens with zero attached hydrogens (tertiary/aromatic N) is 2. The van der Waals surface area contributed by atoms with E-state index in [4.69, 9.17) is 10.9 Å². The van der Waals surface area contributed by atoms with E-state index in [0.717, 1.165) is 18.8 Å². The fourth-order valence-electron chi connectivity index (χ4n) is 1.88. The molecule has 1 aliphatic heterocycles. The van der Waals surface area contributed by atoms with Gasteiger partial charge in [-0.25, -0.2) is 10.5 Å². The first-order valence-corrected chi connectivity index (χ1v) is 5.39. The van der Waals surface area contributed by atoms with Gasteiger partial charge in [-0.05, 0) is 37.1 Å². The maximum Gasteiger partial charge on any atom is 0.218 e. The normalized spacial score (nSPS) is 16.6. The van der Waals surface area contributed by atoms with E-state index in [0.29, 0.717) is 0 Å². The lowest BCUT2D eigenvalue weighted by atomic mass is 10.2. The highest BCUT2D eigenvalue weighted by Crippen LogP contribution is 2.22. The molecule has 4 N–H and O–H groups in total. The molecule has 1 heterocycles. The number of guanidine groups is 1. The first-order valence-electron chi connectivity index (χ1n) is 5.39. The molecule has 0 saturated carbocycles. The number of benzene rings is 1. The average Bonchev–Trinajstić information content (AvgIpc) is 2.83. The van der Waals surface area contributed by atoms with Crippen molar-refractivity contribution in [3.8, 4) is 0 Å². The van der Waals surface area contributed by atoms with Gasteiger partial charge >= 0.3 is 0 Å². The van der Waals surface area contributed by atoms with Crippen LogP contribution in [0, 0.1) is 0 Å². The van der Waals surface area contributed by atoms with E-state index in [1.165, 1.54) is 18.5 Å². The molecule has 1 aromatic carbocycles. The Morgan fingerprint density at radius 1 is 1.25 bits per heavy atom. The summed E-state index contributed by atoms with van der Waals surface area (Å²) in [5.41, 5.74) is 9.08. The second kappa shape index (κ2) is 4.85. The predicted octanol–water partition coefficient (Wildman–Crippen LogP) is 1.21. The molecule has 16 heavy (non-hydrogen) atoms. The lowest BCUT2D eigenvalue weighted by molar-refractivity contribution is 0.233. The maximum atomic E-state index is 8.51. The minimum Gasteiger partial charge on any atom is -0.372 e. The summed E-state index contributed by atoms with van der Waals surface area (Å²) < 4.78 is 0. The predicted molar refractivity (Wildman–Crippen MR) is 64.1 cm³/mol. The van der Waals surface area contributed by atoms with Crippen LogP contribution in [0.5, 0.6) is 0 Å². The fraction of sp³-hybridized carbons (Fsp3) is 0.364. The molecular weight excluding hydrogens is 204 g/mol. The quantitative estimate of drug-likeness (QED) is 0.398. The van der Waals surface area contributed by atoms with Gasteiger partial charge in [-0.1, -0.05) is 0 Å². The van der Waals surface area contributed by atoms with Gasteiger partial charge in [0.05, 0.1) is 5.69 Å². The summed E-state index contributed by atoms with van der Waals surface area (Å²) in [5.74, 6) is -0.00563. The Morgan fingerprint density at radius 3 is 2.44 bits per heavy atom. The third kappa shape index (κ3) is 2.43. The van der Waals surface area contributed by atoms with E-state index >= 15 is 0 Å². The Hall–Kier alpha value is -1.75. The topological polar surface area (TPSA) is 73.9 Å². The van der Waals surface area contributed by atoms with Gasteiger partial charge in [0, 0.05) is 18.8 Å². The zero-order valence-corrected chi connectivity index (χ0v) is 9.06. The van der Waals surface area contributed by atoms with E-state index < -0.39 is 0 Å². The van der Waals surface area contributed by atoms with E-state index in [9.17, 15) is 0 Å². The molecule has 0 aliphatic carbocycles. The molecule has 2 rings (SSSR count). The van der Waals surface area contributed by atoms with Gasteiger partial charge in [0.25, 0.3) is 0 Å². The highest BCUT2D eigenvalue weighted by atomic mass is 16.5. The van der Waals surface area contributed by atoms with Crippen molar-refractivity contribution < 1.29 is 5.21 Å². The van der Waals surface area contributed by atoms with Crippen LogP contribution < -0.4 is 16.1 Å². The number of rotatable bonds is 2. The van der Waals surface area contributed by atoms with Crippen molar-refractivity contribution >= 4 is 17.3 Å². The summed E-state index contributed by atoms with van der Waals surface area (Å²) in [7, 11) is 0. The van der Waals surface area contributed by atoms with Gasteiger partial charge in [0.15, 0.2) is 0 Å². The van der Waals surface area contributed by atoms with Gasteiger partial charge < -0.3 is 10.6 Å². The highest BCUT2D eigenvalue weighted by molar-refractivity contribution is 5.79. The van der Waals surface area contributed by atoms with Gasteiger partial charge in [-0.2, -0.15) is 0 Å². The van der Waals surface area contributed by atoms with Crippen LogP contribution in [-0.2, 0) is 0 Å². The number of nitrogens with one attached hydrogen (secondary N) is 1. The number of anilines is 1. The molecule has 1 aromatic rings. The largest absolute Gasteiger partial charge is 0.372 e. The second-order valence-electron chi connectivity index (χ2n) is 3.82. The number of hydrogen-bond donors (Lipinski definition) is 3.